The maximum atomic E-state index is 12.9. The van der Waals surface area contributed by atoms with Crippen LogP contribution in [-0.4, -0.2) is 25.2 Å². The SMILES string of the molecule is O=C(Nc1cccc(-c2nnc3n2CCCCC3)c1)c1sccc1-n1cccc1. The van der Waals surface area contributed by atoms with E-state index >= 15 is 0 Å². The standard InChI is InChI=1S/C22H21N5OS/c28-22(20-18(10-14-29-20)26-11-4-5-12-26)23-17-8-6-7-16(15-17)21-25-24-19-9-2-1-3-13-27(19)21/h4-8,10-12,14-15H,1-3,9,13H2,(H,23,28). The fourth-order valence-electron chi connectivity index (χ4n) is 3.79. The van der Waals surface area contributed by atoms with Gasteiger partial charge in [-0.15, -0.1) is 21.5 Å². The van der Waals surface area contributed by atoms with Crippen LogP contribution in [0, 0.1) is 0 Å². The summed E-state index contributed by atoms with van der Waals surface area (Å²) in [5.74, 6) is 1.82. The molecule has 1 aliphatic rings. The second-order valence-corrected chi connectivity index (χ2v) is 8.08. The summed E-state index contributed by atoms with van der Waals surface area (Å²) in [6.07, 6.45) is 8.40. The van der Waals surface area contributed by atoms with E-state index in [1.54, 1.807) is 0 Å². The molecule has 3 aromatic heterocycles. The van der Waals surface area contributed by atoms with Crippen molar-refractivity contribution in [3.63, 3.8) is 0 Å². The van der Waals surface area contributed by atoms with E-state index in [2.05, 4.69) is 20.1 Å². The van der Waals surface area contributed by atoms with Crippen LogP contribution in [0.4, 0.5) is 5.69 Å². The molecule has 0 spiro atoms. The Morgan fingerprint density at radius 1 is 1.03 bits per heavy atom. The number of carbonyl (C=O) groups is 1. The zero-order valence-corrected chi connectivity index (χ0v) is 16.7. The van der Waals surface area contributed by atoms with Gasteiger partial charge in [-0.25, -0.2) is 0 Å². The van der Waals surface area contributed by atoms with E-state index in [1.165, 1.54) is 24.2 Å². The number of thiophene rings is 1. The highest BCUT2D eigenvalue weighted by Gasteiger charge is 2.18. The number of amides is 1. The molecular formula is C22H21N5OS. The van der Waals surface area contributed by atoms with Crippen LogP contribution in [-0.2, 0) is 13.0 Å². The molecule has 0 atom stereocenters. The van der Waals surface area contributed by atoms with E-state index in [1.807, 2.05) is 64.8 Å². The first-order chi connectivity index (χ1) is 14.3. The first kappa shape index (κ1) is 17.9. The Hall–Kier alpha value is -3.19. The van der Waals surface area contributed by atoms with Crippen LogP contribution in [0.3, 0.4) is 0 Å². The molecule has 1 aliphatic heterocycles. The average molecular weight is 404 g/mol. The number of anilines is 1. The molecule has 146 valence electrons. The quantitative estimate of drug-likeness (QED) is 0.533. The molecule has 7 heteroatoms. The van der Waals surface area contributed by atoms with Crippen molar-refractivity contribution >= 4 is 22.9 Å². The molecule has 4 heterocycles. The zero-order chi connectivity index (χ0) is 19.6. The van der Waals surface area contributed by atoms with Gasteiger partial charge in [-0.3, -0.25) is 4.79 Å². The lowest BCUT2D eigenvalue weighted by Crippen LogP contribution is -2.12. The van der Waals surface area contributed by atoms with Crippen molar-refractivity contribution in [1.82, 2.24) is 19.3 Å². The number of aromatic nitrogens is 4. The van der Waals surface area contributed by atoms with Crippen molar-refractivity contribution in [2.45, 2.75) is 32.2 Å². The minimum Gasteiger partial charge on any atom is -0.322 e. The highest BCUT2D eigenvalue weighted by molar-refractivity contribution is 7.12. The van der Waals surface area contributed by atoms with Crippen LogP contribution in [0.5, 0.6) is 0 Å². The third-order valence-corrected chi connectivity index (χ3v) is 6.12. The summed E-state index contributed by atoms with van der Waals surface area (Å²) >= 11 is 1.44. The molecule has 29 heavy (non-hydrogen) atoms. The number of fused-ring (bicyclic) bond motifs is 1. The maximum absolute atomic E-state index is 12.9. The molecule has 0 aliphatic carbocycles. The Morgan fingerprint density at radius 3 is 2.83 bits per heavy atom. The fourth-order valence-corrected chi connectivity index (χ4v) is 4.58. The van der Waals surface area contributed by atoms with E-state index in [9.17, 15) is 4.79 Å². The van der Waals surface area contributed by atoms with Gasteiger partial charge in [0.05, 0.1) is 5.69 Å². The second kappa shape index (κ2) is 7.67. The monoisotopic (exact) mass is 403 g/mol. The van der Waals surface area contributed by atoms with Gasteiger partial charge in [0.2, 0.25) is 0 Å². The largest absolute Gasteiger partial charge is 0.322 e. The molecule has 4 aromatic rings. The summed E-state index contributed by atoms with van der Waals surface area (Å²) < 4.78 is 4.17. The third kappa shape index (κ3) is 3.49. The number of benzene rings is 1. The summed E-state index contributed by atoms with van der Waals surface area (Å²) in [6.45, 7) is 0.948. The number of nitrogens with zero attached hydrogens (tertiary/aromatic N) is 4. The molecule has 6 nitrogen and oxygen atoms in total. The highest BCUT2D eigenvalue weighted by atomic mass is 32.1. The van der Waals surface area contributed by atoms with Crippen molar-refractivity contribution < 1.29 is 4.79 Å². The fraction of sp³-hybridized carbons (Fsp3) is 0.227. The molecular weight excluding hydrogens is 382 g/mol. The average Bonchev–Trinajstić information content (AvgIpc) is 3.46. The van der Waals surface area contributed by atoms with E-state index in [-0.39, 0.29) is 5.91 Å². The van der Waals surface area contributed by atoms with Gasteiger partial charge in [-0.2, -0.15) is 0 Å². The summed E-state index contributed by atoms with van der Waals surface area (Å²) in [5.41, 5.74) is 2.61. The minimum absolute atomic E-state index is 0.110. The maximum Gasteiger partial charge on any atom is 0.267 e. The molecule has 0 saturated heterocycles. The van der Waals surface area contributed by atoms with E-state index in [0.29, 0.717) is 4.88 Å². The molecule has 1 aromatic carbocycles. The van der Waals surface area contributed by atoms with Crippen molar-refractivity contribution in [3.8, 4) is 17.1 Å². The number of rotatable bonds is 4. The Balaban J connectivity index is 1.41. The molecule has 0 fully saturated rings. The van der Waals surface area contributed by atoms with Gasteiger partial charge < -0.3 is 14.5 Å². The van der Waals surface area contributed by atoms with Gasteiger partial charge >= 0.3 is 0 Å². The van der Waals surface area contributed by atoms with Crippen LogP contribution < -0.4 is 5.32 Å². The second-order valence-electron chi connectivity index (χ2n) is 7.16. The topological polar surface area (TPSA) is 64.7 Å². The van der Waals surface area contributed by atoms with Gasteiger partial charge in [0.1, 0.15) is 10.7 Å². The molecule has 0 bridgehead atoms. The smallest absolute Gasteiger partial charge is 0.267 e. The molecule has 0 unspecified atom stereocenters. The summed E-state index contributed by atoms with van der Waals surface area (Å²) in [5, 5.41) is 13.8. The Bertz CT molecular complexity index is 1140. The van der Waals surface area contributed by atoms with Gasteiger partial charge in [-0.1, -0.05) is 18.6 Å². The Kier molecular flexibility index (Phi) is 4.73. The van der Waals surface area contributed by atoms with Crippen LogP contribution in [0.1, 0.15) is 34.8 Å². The Morgan fingerprint density at radius 2 is 1.93 bits per heavy atom. The predicted octanol–water partition coefficient (Wildman–Crippen LogP) is 4.78. The molecule has 0 radical (unpaired) electrons. The van der Waals surface area contributed by atoms with Gasteiger partial charge in [0.15, 0.2) is 5.82 Å². The first-order valence-corrected chi connectivity index (χ1v) is 10.7. The van der Waals surface area contributed by atoms with Gasteiger partial charge in [-0.05, 0) is 48.6 Å². The number of carbonyl (C=O) groups excluding carboxylic acids is 1. The number of hydrogen-bond acceptors (Lipinski definition) is 4. The van der Waals surface area contributed by atoms with Crippen molar-refractivity contribution in [2.24, 2.45) is 0 Å². The van der Waals surface area contributed by atoms with Crippen LogP contribution >= 0.6 is 11.3 Å². The van der Waals surface area contributed by atoms with Crippen LogP contribution in [0.15, 0.2) is 60.2 Å². The lowest BCUT2D eigenvalue weighted by Gasteiger charge is -2.10. The van der Waals surface area contributed by atoms with Crippen LogP contribution in [0.2, 0.25) is 0 Å². The summed E-state index contributed by atoms with van der Waals surface area (Å²) in [6, 6.07) is 13.7. The van der Waals surface area contributed by atoms with Crippen molar-refractivity contribution in [3.05, 3.63) is 70.9 Å². The zero-order valence-electron chi connectivity index (χ0n) is 15.9. The summed E-state index contributed by atoms with van der Waals surface area (Å²) in [7, 11) is 0. The van der Waals surface area contributed by atoms with Crippen molar-refractivity contribution in [2.75, 3.05) is 5.32 Å². The first-order valence-electron chi connectivity index (χ1n) is 9.84. The molecule has 0 saturated carbocycles. The minimum atomic E-state index is -0.110. The summed E-state index contributed by atoms with van der Waals surface area (Å²) in [4.78, 5) is 13.6. The van der Waals surface area contributed by atoms with Gasteiger partial charge in [0.25, 0.3) is 5.91 Å². The molecule has 1 N–H and O–H groups in total. The molecule has 1 amide bonds. The van der Waals surface area contributed by atoms with Gasteiger partial charge in [0, 0.05) is 36.6 Å². The normalized spacial score (nSPS) is 13.7. The highest BCUT2D eigenvalue weighted by Crippen LogP contribution is 2.26. The molecule has 5 rings (SSSR count). The number of nitrogens with one attached hydrogen (secondary N) is 1. The third-order valence-electron chi connectivity index (χ3n) is 5.22. The van der Waals surface area contributed by atoms with E-state index in [0.717, 1.165) is 48.0 Å². The lowest BCUT2D eigenvalue weighted by molar-refractivity contribution is 0.103. The van der Waals surface area contributed by atoms with Crippen LogP contribution in [0.25, 0.3) is 17.1 Å². The number of aryl methyl sites for hydroxylation is 1. The number of hydrogen-bond donors (Lipinski definition) is 1. The lowest BCUT2D eigenvalue weighted by atomic mass is 10.2. The predicted molar refractivity (Wildman–Crippen MR) is 115 cm³/mol. The Labute approximate surface area is 172 Å². The van der Waals surface area contributed by atoms with E-state index < -0.39 is 0 Å². The van der Waals surface area contributed by atoms with E-state index in [4.69, 9.17) is 0 Å². The van der Waals surface area contributed by atoms with Crippen molar-refractivity contribution in [1.29, 1.82) is 0 Å².